The van der Waals surface area contributed by atoms with Crippen LogP contribution in [-0.4, -0.2) is 47.7 Å². The van der Waals surface area contributed by atoms with Crippen LogP contribution >= 0.6 is 0 Å². The number of carbonyl (C=O) groups is 1. The molecule has 1 aliphatic heterocycles. The Labute approximate surface area is 122 Å². The second-order valence-electron chi connectivity index (χ2n) is 6.56. The third-order valence-corrected chi connectivity index (χ3v) is 4.78. The molecule has 0 spiro atoms. The van der Waals surface area contributed by atoms with Gasteiger partial charge in [-0.3, -0.25) is 4.79 Å². The molecule has 2 unspecified atom stereocenters. The first-order valence-electron chi connectivity index (χ1n) is 8.37. The summed E-state index contributed by atoms with van der Waals surface area (Å²) in [5.74, 6) is 0.887. The molecule has 4 heteroatoms. The van der Waals surface area contributed by atoms with Gasteiger partial charge < -0.3 is 15.3 Å². The zero-order valence-corrected chi connectivity index (χ0v) is 12.8. The van der Waals surface area contributed by atoms with Crippen LogP contribution in [0.2, 0.25) is 0 Å². The summed E-state index contributed by atoms with van der Waals surface area (Å²) in [4.78, 5) is 14.2. The minimum absolute atomic E-state index is 0.175. The molecular formula is C16H30N2O2. The van der Waals surface area contributed by atoms with E-state index in [2.05, 4.69) is 5.32 Å². The molecule has 2 atom stereocenters. The summed E-state index contributed by atoms with van der Waals surface area (Å²) < 4.78 is 0. The van der Waals surface area contributed by atoms with Gasteiger partial charge in [-0.1, -0.05) is 25.7 Å². The highest BCUT2D eigenvalue weighted by Gasteiger charge is 2.23. The molecule has 2 aliphatic rings. The summed E-state index contributed by atoms with van der Waals surface area (Å²) in [5, 5.41) is 13.3. The number of carbonyl (C=O) groups excluding carboxylic acids is 1. The van der Waals surface area contributed by atoms with Crippen LogP contribution in [0.5, 0.6) is 0 Å². The second kappa shape index (κ2) is 7.99. The van der Waals surface area contributed by atoms with Crippen LogP contribution in [0.25, 0.3) is 0 Å². The lowest BCUT2D eigenvalue weighted by atomic mass is 10.00. The number of aliphatic hydroxyl groups is 1. The zero-order valence-electron chi connectivity index (χ0n) is 12.8. The lowest BCUT2D eigenvalue weighted by Gasteiger charge is -2.30. The third-order valence-electron chi connectivity index (χ3n) is 4.78. The van der Waals surface area contributed by atoms with Crippen LogP contribution in [-0.2, 0) is 4.79 Å². The number of nitrogens with one attached hydrogen (secondary N) is 1. The van der Waals surface area contributed by atoms with E-state index in [0.29, 0.717) is 12.5 Å². The third kappa shape index (κ3) is 4.74. The number of rotatable bonds is 6. The quantitative estimate of drug-likeness (QED) is 0.782. The van der Waals surface area contributed by atoms with Crippen molar-refractivity contribution in [1.29, 1.82) is 0 Å². The Morgan fingerprint density at radius 3 is 2.50 bits per heavy atom. The van der Waals surface area contributed by atoms with E-state index in [1.165, 1.54) is 32.1 Å². The first-order chi connectivity index (χ1) is 9.66. The number of likely N-dealkylation sites (tertiary alicyclic amines) is 1. The van der Waals surface area contributed by atoms with Crippen molar-refractivity contribution in [2.45, 2.75) is 70.4 Å². The maximum Gasteiger partial charge on any atom is 0.239 e. The van der Waals surface area contributed by atoms with Crippen LogP contribution in [0.15, 0.2) is 0 Å². The van der Waals surface area contributed by atoms with Gasteiger partial charge in [-0.2, -0.15) is 0 Å². The molecule has 0 aromatic heterocycles. The maximum absolute atomic E-state index is 12.2. The molecule has 1 heterocycles. The van der Waals surface area contributed by atoms with Crippen LogP contribution in [0.4, 0.5) is 0 Å². The summed E-state index contributed by atoms with van der Waals surface area (Å²) in [6, 6.07) is -0.175. The Bertz CT molecular complexity index is 297. The molecule has 1 saturated carbocycles. The molecule has 0 aromatic carbocycles. The molecule has 1 amide bonds. The van der Waals surface area contributed by atoms with Gasteiger partial charge in [-0.15, -0.1) is 0 Å². The number of hydrogen-bond acceptors (Lipinski definition) is 3. The summed E-state index contributed by atoms with van der Waals surface area (Å²) in [5.41, 5.74) is 0. The first kappa shape index (κ1) is 15.8. The molecule has 4 nitrogen and oxygen atoms in total. The van der Waals surface area contributed by atoms with Gasteiger partial charge in [0.05, 0.1) is 12.1 Å². The van der Waals surface area contributed by atoms with E-state index >= 15 is 0 Å². The zero-order chi connectivity index (χ0) is 14.4. The van der Waals surface area contributed by atoms with Crippen molar-refractivity contribution in [3.8, 4) is 0 Å². The molecule has 0 bridgehead atoms. The van der Waals surface area contributed by atoms with Crippen LogP contribution in [0.1, 0.15) is 58.3 Å². The van der Waals surface area contributed by atoms with Gasteiger partial charge in [-0.25, -0.2) is 0 Å². The molecule has 116 valence electrons. The topological polar surface area (TPSA) is 52.6 Å². The largest absolute Gasteiger partial charge is 0.392 e. The van der Waals surface area contributed by atoms with Gasteiger partial charge >= 0.3 is 0 Å². The van der Waals surface area contributed by atoms with Crippen molar-refractivity contribution in [3.05, 3.63) is 0 Å². The van der Waals surface area contributed by atoms with Gasteiger partial charge in [0.25, 0.3) is 0 Å². The Hall–Kier alpha value is -0.610. The SMILES string of the molecule is CC(NCC(O)CC1CCCC1)C(=O)N1CCCCC1. The fraction of sp³-hybridized carbons (Fsp3) is 0.938. The van der Waals surface area contributed by atoms with Crippen molar-refractivity contribution in [1.82, 2.24) is 10.2 Å². The van der Waals surface area contributed by atoms with E-state index in [9.17, 15) is 9.90 Å². The van der Waals surface area contributed by atoms with E-state index in [-0.39, 0.29) is 18.1 Å². The Morgan fingerprint density at radius 1 is 1.20 bits per heavy atom. The van der Waals surface area contributed by atoms with Gasteiger partial charge in [-0.05, 0) is 38.5 Å². The van der Waals surface area contributed by atoms with Crippen molar-refractivity contribution in [3.63, 3.8) is 0 Å². The summed E-state index contributed by atoms with van der Waals surface area (Å²) in [7, 11) is 0. The van der Waals surface area contributed by atoms with E-state index < -0.39 is 0 Å². The lowest BCUT2D eigenvalue weighted by molar-refractivity contribution is -0.134. The van der Waals surface area contributed by atoms with Gasteiger partial charge in [0.2, 0.25) is 5.91 Å². The standard InChI is InChI=1S/C16H30N2O2/c1-13(16(20)18-9-5-2-6-10-18)17-12-15(19)11-14-7-3-4-8-14/h13-15,17,19H,2-12H2,1H3. The monoisotopic (exact) mass is 282 g/mol. The molecular weight excluding hydrogens is 252 g/mol. The second-order valence-corrected chi connectivity index (χ2v) is 6.56. The van der Waals surface area contributed by atoms with Crippen LogP contribution in [0, 0.1) is 5.92 Å². The number of amides is 1. The van der Waals surface area contributed by atoms with Crippen LogP contribution < -0.4 is 5.32 Å². The first-order valence-corrected chi connectivity index (χ1v) is 8.37. The van der Waals surface area contributed by atoms with Crippen molar-refractivity contribution in [2.75, 3.05) is 19.6 Å². The predicted octanol–water partition coefficient (Wildman–Crippen LogP) is 1.92. The molecule has 20 heavy (non-hydrogen) atoms. The molecule has 1 aliphatic carbocycles. The average Bonchev–Trinajstić information content (AvgIpc) is 2.97. The van der Waals surface area contributed by atoms with Crippen molar-refractivity contribution >= 4 is 5.91 Å². The maximum atomic E-state index is 12.2. The molecule has 2 rings (SSSR count). The Kier molecular flexibility index (Phi) is 6.30. The molecule has 2 fully saturated rings. The number of aliphatic hydroxyl groups excluding tert-OH is 1. The normalized spacial score (nSPS) is 23.8. The smallest absolute Gasteiger partial charge is 0.239 e. The minimum Gasteiger partial charge on any atom is -0.392 e. The van der Waals surface area contributed by atoms with Crippen molar-refractivity contribution < 1.29 is 9.90 Å². The van der Waals surface area contributed by atoms with Gasteiger partial charge in [0.1, 0.15) is 0 Å². The number of piperidine rings is 1. The fourth-order valence-corrected chi connectivity index (χ4v) is 3.50. The summed E-state index contributed by atoms with van der Waals surface area (Å²) in [6.07, 6.45) is 9.23. The Balaban J connectivity index is 1.65. The predicted molar refractivity (Wildman–Crippen MR) is 80.5 cm³/mol. The summed E-state index contributed by atoms with van der Waals surface area (Å²) in [6.45, 7) is 4.25. The molecule has 1 saturated heterocycles. The van der Waals surface area contributed by atoms with Crippen LogP contribution in [0.3, 0.4) is 0 Å². The van der Waals surface area contributed by atoms with Gasteiger partial charge in [0, 0.05) is 19.6 Å². The minimum atomic E-state index is -0.310. The highest BCUT2D eigenvalue weighted by Crippen LogP contribution is 2.28. The number of nitrogens with zero attached hydrogens (tertiary/aromatic N) is 1. The number of hydrogen-bond donors (Lipinski definition) is 2. The van der Waals surface area contributed by atoms with E-state index in [1.807, 2.05) is 11.8 Å². The summed E-state index contributed by atoms with van der Waals surface area (Å²) >= 11 is 0. The van der Waals surface area contributed by atoms with E-state index in [0.717, 1.165) is 32.4 Å². The van der Waals surface area contributed by atoms with Gasteiger partial charge in [0.15, 0.2) is 0 Å². The average molecular weight is 282 g/mol. The highest BCUT2D eigenvalue weighted by atomic mass is 16.3. The molecule has 0 radical (unpaired) electrons. The van der Waals surface area contributed by atoms with Crippen molar-refractivity contribution in [2.24, 2.45) is 5.92 Å². The lowest BCUT2D eigenvalue weighted by Crippen LogP contribution is -2.48. The van der Waals surface area contributed by atoms with E-state index in [4.69, 9.17) is 0 Å². The molecule has 0 aromatic rings. The Morgan fingerprint density at radius 2 is 1.85 bits per heavy atom. The highest BCUT2D eigenvalue weighted by molar-refractivity contribution is 5.81. The molecule has 2 N–H and O–H groups in total. The fourth-order valence-electron chi connectivity index (χ4n) is 3.50. The van der Waals surface area contributed by atoms with E-state index in [1.54, 1.807) is 0 Å².